The van der Waals surface area contributed by atoms with Gasteiger partial charge < -0.3 is 15.0 Å². The van der Waals surface area contributed by atoms with Crippen molar-refractivity contribution >= 4 is 33.3 Å². The second kappa shape index (κ2) is 12.3. The quantitative estimate of drug-likeness (QED) is 0.366. The van der Waals surface area contributed by atoms with Gasteiger partial charge in [-0.15, -0.1) is 28.5 Å². The minimum atomic E-state index is -4.71. The third-order valence-corrected chi connectivity index (χ3v) is 7.28. The highest BCUT2D eigenvalue weighted by molar-refractivity contribution is 7.19. The Morgan fingerprint density at radius 2 is 1.73 bits per heavy atom. The Balaban J connectivity index is 1.03. The molecule has 2 N–H and O–H groups in total. The van der Waals surface area contributed by atoms with E-state index in [1.165, 1.54) is 12.1 Å². The van der Waals surface area contributed by atoms with E-state index in [-0.39, 0.29) is 24.7 Å². The first-order valence-corrected chi connectivity index (χ1v) is 13.4. The first-order chi connectivity index (χ1) is 19.2. The van der Waals surface area contributed by atoms with E-state index in [2.05, 4.69) is 40.7 Å². The molecule has 2 aromatic heterocycles. The van der Waals surface area contributed by atoms with E-state index in [1.54, 1.807) is 30.5 Å². The molecule has 40 heavy (non-hydrogen) atoms. The highest BCUT2D eigenvalue weighted by Crippen LogP contribution is 2.26. The van der Waals surface area contributed by atoms with Gasteiger partial charge in [0.05, 0.1) is 19.1 Å². The summed E-state index contributed by atoms with van der Waals surface area (Å²) in [4.78, 5) is 18.6. The molecule has 2 aliphatic rings. The fraction of sp³-hybridized carbons (Fsp3) is 0.458. The molecule has 0 radical (unpaired) electrons. The molecule has 2 aliphatic heterocycles. The molecule has 11 nitrogen and oxygen atoms in total. The molecule has 1 amide bonds. The van der Waals surface area contributed by atoms with Crippen molar-refractivity contribution in [2.45, 2.75) is 25.1 Å². The normalized spacial score (nSPS) is 20.4. The van der Waals surface area contributed by atoms with Gasteiger partial charge in [-0.1, -0.05) is 23.5 Å². The van der Waals surface area contributed by atoms with Crippen LogP contribution in [0.1, 0.15) is 5.56 Å². The van der Waals surface area contributed by atoms with Crippen molar-refractivity contribution in [1.29, 1.82) is 0 Å². The molecule has 0 saturated carbocycles. The van der Waals surface area contributed by atoms with Crippen molar-refractivity contribution in [3.05, 3.63) is 48.2 Å². The fourth-order valence-corrected chi connectivity index (χ4v) is 5.28. The topological polar surface area (TPSA) is 112 Å². The van der Waals surface area contributed by atoms with Gasteiger partial charge in [0.1, 0.15) is 11.9 Å². The zero-order valence-corrected chi connectivity index (χ0v) is 22.0. The molecule has 5 rings (SSSR count). The Morgan fingerprint density at radius 1 is 1.00 bits per heavy atom. The van der Waals surface area contributed by atoms with Crippen molar-refractivity contribution in [3.63, 3.8) is 0 Å². The summed E-state index contributed by atoms with van der Waals surface area (Å²) < 4.78 is 55.5. The Labute approximate surface area is 231 Å². The van der Waals surface area contributed by atoms with E-state index < -0.39 is 18.6 Å². The van der Waals surface area contributed by atoms with Gasteiger partial charge in [0, 0.05) is 45.5 Å². The molecule has 4 heterocycles. The number of benzene rings is 1. The molecule has 2 saturated heterocycles. The van der Waals surface area contributed by atoms with Crippen LogP contribution in [0.2, 0.25) is 0 Å². The van der Waals surface area contributed by atoms with Crippen LogP contribution < -0.4 is 20.3 Å². The minimum absolute atomic E-state index is 0.182. The lowest BCUT2D eigenvalue weighted by molar-refractivity contribution is -0.274. The second-order valence-corrected chi connectivity index (χ2v) is 10.4. The number of nitrogens with zero attached hydrogens (tertiary/aromatic N) is 7. The molecular formula is C24H27F4N9O2S. The number of halogens is 4. The van der Waals surface area contributed by atoms with Crippen molar-refractivity contribution in [2.75, 3.05) is 61.3 Å². The Hall–Kier alpha value is -3.63. The Kier molecular flexibility index (Phi) is 8.56. The monoisotopic (exact) mass is 581 g/mol. The molecule has 3 aromatic rings. The first-order valence-electron chi connectivity index (χ1n) is 12.6. The number of rotatable bonds is 9. The number of piperazine rings is 1. The molecular weight excluding hydrogens is 554 g/mol. The Bertz CT molecular complexity index is 1260. The van der Waals surface area contributed by atoms with Gasteiger partial charge in [0.2, 0.25) is 16.2 Å². The van der Waals surface area contributed by atoms with Gasteiger partial charge in [0.25, 0.3) is 0 Å². The summed E-state index contributed by atoms with van der Waals surface area (Å²) in [6, 6.07) is 8.85. The van der Waals surface area contributed by atoms with Crippen molar-refractivity contribution < 1.29 is 27.1 Å². The predicted octanol–water partition coefficient (Wildman–Crippen LogP) is 2.62. The number of anilines is 3. The summed E-state index contributed by atoms with van der Waals surface area (Å²) >= 11 is 1.14. The lowest BCUT2D eigenvalue weighted by atomic mass is 10.2. The third kappa shape index (κ3) is 7.73. The third-order valence-electron chi connectivity index (χ3n) is 6.51. The first kappa shape index (κ1) is 27.9. The van der Waals surface area contributed by atoms with Gasteiger partial charge in [-0.2, -0.15) is 5.10 Å². The van der Waals surface area contributed by atoms with Crippen LogP contribution >= 0.6 is 11.3 Å². The molecule has 0 bridgehead atoms. The number of alkyl halides is 4. The smallest absolute Gasteiger partial charge is 0.406 e. The lowest BCUT2D eigenvalue weighted by Crippen LogP contribution is -2.48. The van der Waals surface area contributed by atoms with Crippen LogP contribution in [0.25, 0.3) is 0 Å². The van der Waals surface area contributed by atoms with Crippen molar-refractivity contribution in [3.8, 4) is 5.75 Å². The summed E-state index contributed by atoms with van der Waals surface area (Å²) in [5, 5.41) is 22.4. The van der Waals surface area contributed by atoms with Crippen LogP contribution in [0, 0.1) is 0 Å². The van der Waals surface area contributed by atoms with E-state index in [0.717, 1.165) is 16.9 Å². The maximum absolute atomic E-state index is 14.6. The number of amides is 1. The van der Waals surface area contributed by atoms with Crippen LogP contribution in [-0.2, 0) is 11.3 Å². The van der Waals surface area contributed by atoms with Crippen LogP contribution in [0.15, 0.2) is 42.6 Å². The van der Waals surface area contributed by atoms with Crippen LogP contribution in [0.3, 0.4) is 0 Å². The van der Waals surface area contributed by atoms with Crippen LogP contribution in [0.5, 0.6) is 5.75 Å². The van der Waals surface area contributed by atoms with Crippen LogP contribution in [0.4, 0.5) is 33.6 Å². The van der Waals surface area contributed by atoms with E-state index in [9.17, 15) is 22.4 Å². The maximum atomic E-state index is 14.6. The number of carbonyl (C=O) groups is 1. The number of nitrogens with one attached hydrogen (secondary N) is 2. The van der Waals surface area contributed by atoms with Crippen molar-refractivity contribution in [2.24, 2.45) is 0 Å². The van der Waals surface area contributed by atoms with E-state index >= 15 is 0 Å². The van der Waals surface area contributed by atoms with E-state index in [4.69, 9.17) is 0 Å². The highest BCUT2D eigenvalue weighted by atomic mass is 32.1. The van der Waals surface area contributed by atoms with Crippen molar-refractivity contribution in [1.82, 2.24) is 30.2 Å². The predicted molar refractivity (Wildman–Crippen MR) is 140 cm³/mol. The maximum Gasteiger partial charge on any atom is 0.573 e. The molecule has 0 spiro atoms. The lowest BCUT2D eigenvalue weighted by Gasteiger charge is -2.34. The number of carbonyl (C=O) groups excluding carboxylic acids is 1. The zero-order valence-electron chi connectivity index (χ0n) is 21.2. The minimum Gasteiger partial charge on any atom is -0.406 e. The van der Waals surface area contributed by atoms with Gasteiger partial charge >= 0.3 is 6.36 Å². The standard InChI is InChI=1S/C24H27F4N9O2S/c25-18-13-37(20-2-1-7-29-32-20)14-19(18)30-22-33-34-23(40-22)31-21(38)15-36-10-8-35(9-11-36)12-16-3-5-17(6-4-16)39-24(26,27)28/h1-7,18-19H,8-15H2,(H,30,33)(H,31,34,38)/t18-,19-/m0/s1. The molecule has 0 aliphatic carbocycles. The average molecular weight is 582 g/mol. The van der Waals surface area contributed by atoms with E-state index in [0.29, 0.717) is 55.3 Å². The molecule has 2 atom stereocenters. The van der Waals surface area contributed by atoms with Gasteiger partial charge in [-0.25, -0.2) is 4.39 Å². The number of aromatic nitrogens is 4. The average Bonchev–Trinajstić information content (AvgIpc) is 3.52. The summed E-state index contributed by atoms with van der Waals surface area (Å²) in [6.07, 6.45) is -4.29. The summed E-state index contributed by atoms with van der Waals surface area (Å²) in [5.41, 5.74) is 0.875. The second-order valence-electron chi connectivity index (χ2n) is 9.46. The highest BCUT2D eigenvalue weighted by Gasteiger charge is 2.34. The van der Waals surface area contributed by atoms with Crippen LogP contribution in [-0.4, -0.2) is 100 Å². The van der Waals surface area contributed by atoms with Gasteiger partial charge in [-0.05, 0) is 29.8 Å². The molecule has 214 valence electrons. The summed E-state index contributed by atoms with van der Waals surface area (Å²) in [6.45, 7) is 4.09. The largest absolute Gasteiger partial charge is 0.573 e. The van der Waals surface area contributed by atoms with Gasteiger partial charge in [0.15, 0.2) is 5.82 Å². The fourth-order valence-electron chi connectivity index (χ4n) is 4.56. The van der Waals surface area contributed by atoms with Gasteiger partial charge in [-0.3, -0.25) is 19.9 Å². The molecule has 16 heteroatoms. The van der Waals surface area contributed by atoms with E-state index in [1.807, 2.05) is 9.80 Å². The summed E-state index contributed by atoms with van der Waals surface area (Å²) in [5.74, 6) is 0.129. The Morgan fingerprint density at radius 3 is 2.42 bits per heavy atom. The zero-order chi connectivity index (χ0) is 28.1. The molecule has 1 aromatic carbocycles. The number of hydrogen-bond donors (Lipinski definition) is 2. The SMILES string of the molecule is O=C(CN1CCN(Cc2ccc(OC(F)(F)F)cc2)CC1)Nc1nnc(N[C@H]2CN(c3cccnn3)C[C@@H]2F)s1. The number of hydrogen-bond acceptors (Lipinski definition) is 11. The summed E-state index contributed by atoms with van der Waals surface area (Å²) in [7, 11) is 0. The molecule has 0 unspecified atom stereocenters. The molecule has 2 fully saturated rings. The number of ether oxygens (including phenoxy) is 1.